The van der Waals surface area contributed by atoms with Gasteiger partial charge < -0.3 is 9.47 Å². The molecule has 2 aliphatic rings. The zero-order chi connectivity index (χ0) is 17.8. The van der Waals surface area contributed by atoms with Gasteiger partial charge in [0.05, 0.1) is 18.1 Å². The topological polar surface area (TPSA) is 54.3 Å². The van der Waals surface area contributed by atoms with Gasteiger partial charge >= 0.3 is 0 Å². The number of nitrogens with zero attached hydrogens (tertiary/aromatic N) is 5. The van der Waals surface area contributed by atoms with Crippen LogP contribution in [-0.2, 0) is 17.9 Å². The smallest absolute Gasteiger partial charge is 0.224 e. The SMILES string of the molecule is O=C(CCn1ccnc1)N1CCC[C@@H]1c1ccc(CN2CCCC2)cn1. The molecule has 2 aliphatic heterocycles. The fourth-order valence-electron chi connectivity index (χ4n) is 4.09. The molecule has 0 bridgehead atoms. The molecule has 0 N–H and O–H groups in total. The highest BCUT2D eigenvalue weighted by Crippen LogP contribution is 2.31. The Balaban J connectivity index is 1.36. The minimum Gasteiger partial charge on any atom is -0.337 e. The zero-order valence-electron chi connectivity index (χ0n) is 15.3. The first-order chi connectivity index (χ1) is 12.8. The van der Waals surface area contributed by atoms with E-state index in [4.69, 9.17) is 4.98 Å². The van der Waals surface area contributed by atoms with E-state index in [9.17, 15) is 4.79 Å². The van der Waals surface area contributed by atoms with Crippen LogP contribution in [0.15, 0.2) is 37.1 Å². The first-order valence-electron chi connectivity index (χ1n) is 9.72. The van der Waals surface area contributed by atoms with E-state index in [-0.39, 0.29) is 11.9 Å². The maximum Gasteiger partial charge on any atom is 0.224 e. The van der Waals surface area contributed by atoms with Crippen molar-refractivity contribution in [3.63, 3.8) is 0 Å². The maximum atomic E-state index is 12.7. The van der Waals surface area contributed by atoms with Crippen molar-refractivity contribution in [1.29, 1.82) is 0 Å². The lowest BCUT2D eigenvalue weighted by molar-refractivity contribution is -0.132. The van der Waals surface area contributed by atoms with E-state index in [1.807, 2.05) is 21.9 Å². The second kappa shape index (κ2) is 7.99. The maximum absolute atomic E-state index is 12.7. The van der Waals surface area contributed by atoms with Crippen molar-refractivity contribution in [2.45, 2.75) is 51.2 Å². The average molecular weight is 353 g/mol. The van der Waals surface area contributed by atoms with Gasteiger partial charge in [-0.3, -0.25) is 14.7 Å². The van der Waals surface area contributed by atoms with Crippen LogP contribution < -0.4 is 0 Å². The highest BCUT2D eigenvalue weighted by Gasteiger charge is 2.30. The van der Waals surface area contributed by atoms with Crippen LogP contribution in [-0.4, -0.2) is 49.9 Å². The molecule has 0 aliphatic carbocycles. The zero-order valence-corrected chi connectivity index (χ0v) is 15.3. The predicted octanol–water partition coefficient (Wildman–Crippen LogP) is 2.63. The van der Waals surface area contributed by atoms with E-state index in [2.05, 4.69) is 22.0 Å². The van der Waals surface area contributed by atoms with Crippen LogP contribution in [0.4, 0.5) is 0 Å². The molecule has 2 fully saturated rings. The van der Waals surface area contributed by atoms with Crippen molar-refractivity contribution in [3.05, 3.63) is 48.3 Å². The Labute approximate surface area is 154 Å². The Morgan fingerprint density at radius 3 is 2.77 bits per heavy atom. The second-order valence-corrected chi connectivity index (χ2v) is 7.37. The molecule has 0 radical (unpaired) electrons. The molecule has 4 rings (SSSR count). The fourth-order valence-corrected chi connectivity index (χ4v) is 4.09. The molecule has 4 heterocycles. The van der Waals surface area contributed by atoms with Crippen LogP contribution >= 0.6 is 0 Å². The van der Waals surface area contributed by atoms with Crippen molar-refractivity contribution in [2.75, 3.05) is 19.6 Å². The Hall–Kier alpha value is -2.21. The molecule has 0 spiro atoms. The van der Waals surface area contributed by atoms with Crippen molar-refractivity contribution >= 4 is 5.91 Å². The number of carbonyl (C=O) groups is 1. The summed E-state index contributed by atoms with van der Waals surface area (Å²) in [4.78, 5) is 25.9. The summed E-state index contributed by atoms with van der Waals surface area (Å²) >= 11 is 0. The average Bonchev–Trinajstić information content (AvgIpc) is 3.42. The summed E-state index contributed by atoms with van der Waals surface area (Å²) < 4.78 is 1.95. The van der Waals surface area contributed by atoms with Crippen LogP contribution in [0.5, 0.6) is 0 Å². The molecular weight excluding hydrogens is 326 g/mol. The summed E-state index contributed by atoms with van der Waals surface area (Å²) in [7, 11) is 0. The third kappa shape index (κ3) is 3.96. The molecule has 1 atom stereocenters. The van der Waals surface area contributed by atoms with Crippen LogP contribution in [0, 0.1) is 0 Å². The largest absolute Gasteiger partial charge is 0.337 e. The van der Waals surface area contributed by atoms with E-state index in [1.54, 1.807) is 12.5 Å². The van der Waals surface area contributed by atoms with Crippen molar-refractivity contribution in [3.8, 4) is 0 Å². The van der Waals surface area contributed by atoms with Gasteiger partial charge in [0.15, 0.2) is 0 Å². The minimum atomic E-state index is 0.131. The van der Waals surface area contributed by atoms with Gasteiger partial charge in [0.25, 0.3) is 0 Å². The lowest BCUT2D eigenvalue weighted by Gasteiger charge is -2.25. The van der Waals surface area contributed by atoms with Crippen molar-refractivity contribution in [2.24, 2.45) is 0 Å². The molecule has 0 aromatic carbocycles. The number of likely N-dealkylation sites (tertiary alicyclic amines) is 2. The van der Waals surface area contributed by atoms with Gasteiger partial charge in [-0.05, 0) is 50.4 Å². The van der Waals surface area contributed by atoms with E-state index in [1.165, 1.54) is 31.5 Å². The Bertz CT molecular complexity index is 706. The monoisotopic (exact) mass is 353 g/mol. The number of amides is 1. The molecule has 26 heavy (non-hydrogen) atoms. The predicted molar refractivity (Wildman–Crippen MR) is 99.3 cm³/mol. The molecule has 0 saturated carbocycles. The molecule has 1 amide bonds. The third-order valence-electron chi connectivity index (χ3n) is 5.51. The number of carbonyl (C=O) groups excluding carboxylic acids is 1. The van der Waals surface area contributed by atoms with E-state index < -0.39 is 0 Å². The Kier molecular flexibility index (Phi) is 5.29. The van der Waals surface area contributed by atoms with Gasteiger partial charge in [-0.2, -0.15) is 0 Å². The van der Waals surface area contributed by atoms with Gasteiger partial charge in [0, 0.05) is 44.6 Å². The van der Waals surface area contributed by atoms with Crippen LogP contribution in [0.1, 0.15) is 49.4 Å². The Morgan fingerprint density at radius 2 is 2.04 bits per heavy atom. The number of imidazole rings is 1. The first kappa shape index (κ1) is 17.2. The lowest BCUT2D eigenvalue weighted by atomic mass is 10.1. The molecule has 6 heteroatoms. The van der Waals surface area contributed by atoms with Gasteiger partial charge in [-0.1, -0.05) is 6.07 Å². The van der Waals surface area contributed by atoms with Crippen LogP contribution in [0.25, 0.3) is 0 Å². The highest BCUT2D eigenvalue weighted by molar-refractivity contribution is 5.76. The minimum absolute atomic E-state index is 0.131. The van der Waals surface area contributed by atoms with E-state index in [0.29, 0.717) is 13.0 Å². The number of hydrogen-bond acceptors (Lipinski definition) is 4. The summed E-state index contributed by atoms with van der Waals surface area (Å²) in [6.07, 6.45) is 12.6. The lowest BCUT2D eigenvalue weighted by Crippen LogP contribution is -2.31. The van der Waals surface area contributed by atoms with Crippen molar-refractivity contribution < 1.29 is 4.79 Å². The quantitative estimate of drug-likeness (QED) is 0.801. The van der Waals surface area contributed by atoms with Gasteiger partial charge in [-0.15, -0.1) is 0 Å². The number of aromatic nitrogens is 3. The van der Waals surface area contributed by atoms with E-state index in [0.717, 1.165) is 31.6 Å². The summed E-state index contributed by atoms with van der Waals surface area (Å²) in [5.74, 6) is 0.212. The highest BCUT2D eigenvalue weighted by atomic mass is 16.2. The molecule has 138 valence electrons. The Morgan fingerprint density at radius 1 is 1.15 bits per heavy atom. The summed E-state index contributed by atoms with van der Waals surface area (Å²) in [6, 6.07) is 4.44. The van der Waals surface area contributed by atoms with Crippen molar-refractivity contribution in [1.82, 2.24) is 24.3 Å². The fraction of sp³-hybridized carbons (Fsp3) is 0.550. The molecule has 2 saturated heterocycles. The molecule has 2 aromatic rings. The number of pyridine rings is 1. The number of rotatable bonds is 6. The molecule has 6 nitrogen and oxygen atoms in total. The standard InChI is InChI=1S/C20H27N5O/c26-20(7-12-24-13-8-21-16-24)25-11-3-4-19(25)18-6-5-17(14-22-18)15-23-9-1-2-10-23/h5-6,8,13-14,16,19H,1-4,7,9-12,15H2/t19-/m1/s1. The first-order valence-corrected chi connectivity index (χ1v) is 9.72. The number of aryl methyl sites for hydroxylation is 1. The third-order valence-corrected chi connectivity index (χ3v) is 5.51. The normalized spacial score (nSPS) is 20.8. The van der Waals surface area contributed by atoms with Gasteiger partial charge in [0.2, 0.25) is 5.91 Å². The van der Waals surface area contributed by atoms with Crippen LogP contribution in [0.3, 0.4) is 0 Å². The molecule has 2 aromatic heterocycles. The second-order valence-electron chi connectivity index (χ2n) is 7.37. The summed E-state index contributed by atoms with van der Waals surface area (Å²) in [5, 5.41) is 0. The molecular formula is C20H27N5O. The molecule has 0 unspecified atom stereocenters. The van der Waals surface area contributed by atoms with E-state index >= 15 is 0 Å². The van der Waals surface area contributed by atoms with Gasteiger partial charge in [-0.25, -0.2) is 4.98 Å². The summed E-state index contributed by atoms with van der Waals surface area (Å²) in [5.41, 5.74) is 2.30. The summed E-state index contributed by atoms with van der Waals surface area (Å²) in [6.45, 7) is 4.91. The number of hydrogen-bond donors (Lipinski definition) is 0. The van der Waals surface area contributed by atoms with Gasteiger partial charge in [0.1, 0.15) is 0 Å². The van der Waals surface area contributed by atoms with Crippen LogP contribution in [0.2, 0.25) is 0 Å².